The number of pyridine rings is 1. The van der Waals surface area contributed by atoms with E-state index in [1.807, 2.05) is 4.90 Å². The van der Waals surface area contributed by atoms with Gasteiger partial charge >= 0.3 is 6.01 Å². The van der Waals surface area contributed by atoms with Gasteiger partial charge in [0.2, 0.25) is 0 Å². The molecule has 3 atom stereocenters. The van der Waals surface area contributed by atoms with Crippen molar-refractivity contribution in [3.05, 3.63) is 47.7 Å². The van der Waals surface area contributed by atoms with Crippen LogP contribution in [0.25, 0.3) is 32.9 Å². The zero-order valence-corrected chi connectivity index (χ0v) is 25.6. The largest absolute Gasteiger partial charge is 0.508 e. The molecule has 2 saturated carbocycles. The molecule has 1 unspecified atom stereocenters. The van der Waals surface area contributed by atoms with E-state index in [2.05, 4.69) is 20.9 Å². The van der Waals surface area contributed by atoms with E-state index in [0.29, 0.717) is 18.4 Å². The van der Waals surface area contributed by atoms with Gasteiger partial charge < -0.3 is 14.7 Å². The summed E-state index contributed by atoms with van der Waals surface area (Å²) in [6.07, 6.45) is 8.50. The summed E-state index contributed by atoms with van der Waals surface area (Å²) >= 11 is 0. The Hall–Kier alpha value is -4.31. The number of anilines is 1. The maximum Gasteiger partial charge on any atom is 0.319 e. The van der Waals surface area contributed by atoms with Crippen molar-refractivity contribution in [1.82, 2.24) is 19.9 Å². The Morgan fingerprint density at radius 3 is 2.44 bits per heavy atom. The number of alkyl halides is 4. The molecule has 0 bridgehead atoms. The molecule has 0 radical (unpaired) electrons. The molecule has 5 aliphatic rings. The summed E-state index contributed by atoms with van der Waals surface area (Å²) in [4.78, 5) is 17.1. The van der Waals surface area contributed by atoms with Gasteiger partial charge in [-0.3, -0.25) is 9.88 Å². The number of hydrogen-bond acceptors (Lipinski definition) is 7. The molecule has 3 saturated heterocycles. The number of aromatic hydroxyl groups is 1. The first-order valence-corrected chi connectivity index (χ1v) is 16.0. The van der Waals surface area contributed by atoms with E-state index in [4.69, 9.17) is 11.2 Å². The van der Waals surface area contributed by atoms with Crippen molar-refractivity contribution in [2.75, 3.05) is 37.7 Å². The van der Waals surface area contributed by atoms with Crippen LogP contribution in [0.15, 0.2) is 30.5 Å². The minimum atomic E-state index is -2.81. The monoisotopic (exact) mass is 665 g/mol. The molecule has 0 amide bonds. The van der Waals surface area contributed by atoms with Gasteiger partial charge in [0, 0.05) is 49.6 Å². The van der Waals surface area contributed by atoms with Crippen LogP contribution in [0.4, 0.5) is 32.2 Å². The Morgan fingerprint density at radius 2 is 1.73 bits per heavy atom. The number of phenols is 1. The van der Waals surface area contributed by atoms with Crippen LogP contribution in [0, 0.1) is 34.8 Å². The molecule has 9 rings (SSSR count). The molecule has 2 aromatic carbocycles. The van der Waals surface area contributed by atoms with Gasteiger partial charge in [0.05, 0.1) is 27.3 Å². The fourth-order valence-electron chi connectivity index (χ4n) is 8.79. The van der Waals surface area contributed by atoms with E-state index in [1.54, 1.807) is 4.90 Å². The number of aromatic nitrogens is 3. The molecule has 48 heavy (non-hydrogen) atoms. The van der Waals surface area contributed by atoms with Crippen molar-refractivity contribution in [2.45, 2.75) is 55.9 Å². The molecular weight excluding hydrogens is 636 g/mol. The lowest BCUT2D eigenvalue weighted by atomic mass is 9.89. The second-order valence-electron chi connectivity index (χ2n) is 14.4. The van der Waals surface area contributed by atoms with Crippen LogP contribution in [-0.2, 0) is 0 Å². The molecule has 2 aromatic heterocycles. The maximum absolute atomic E-state index is 16.8. The van der Waals surface area contributed by atoms with E-state index >= 15 is 4.39 Å². The number of terminal acetylenes is 1. The highest BCUT2D eigenvalue weighted by Crippen LogP contribution is 2.69. The number of phenolic OH excluding ortho intramolecular Hbond substituents is 1. The second-order valence-corrected chi connectivity index (χ2v) is 14.4. The lowest BCUT2D eigenvalue weighted by molar-refractivity contribution is 0.0647. The first kappa shape index (κ1) is 29.8. The molecule has 5 heterocycles. The molecule has 248 valence electrons. The Morgan fingerprint density at radius 1 is 0.958 bits per heavy atom. The van der Waals surface area contributed by atoms with Crippen LogP contribution in [0.5, 0.6) is 11.8 Å². The Balaban J connectivity index is 1.16. The van der Waals surface area contributed by atoms with Gasteiger partial charge in [-0.1, -0.05) is 12.0 Å². The van der Waals surface area contributed by atoms with Crippen LogP contribution >= 0.6 is 0 Å². The van der Waals surface area contributed by atoms with E-state index < -0.39 is 39.8 Å². The van der Waals surface area contributed by atoms with Crippen LogP contribution in [0.3, 0.4) is 0 Å². The lowest BCUT2D eigenvalue weighted by Crippen LogP contribution is -2.43. The molecule has 7 nitrogen and oxygen atoms in total. The van der Waals surface area contributed by atoms with Crippen LogP contribution in [-0.4, -0.2) is 75.1 Å². The fraction of sp³-hybridized carbons (Fsp3) is 0.457. The number of hydrogen-bond donors (Lipinski definition) is 1. The maximum atomic E-state index is 16.8. The van der Waals surface area contributed by atoms with Crippen molar-refractivity contribution in [2.24, 2.45) is 10.8 Å². The molecule has 5 fully saturated rings. The predicted octanol–water partition coefficient (Wildman–Crippen LogP) is 6.69. The summed E-state index contributed by atoms with van der Waals surface area (Å²) in [5.41, 5.74) is -3.52. The third-order valence-corrected chi connectivity index (χ3v) is 11.5. The Bertz CT molecular complexity index is 2120. The van der Waals surface area contributed by atoms with Gasteiger partial charge in [-0.2, -0.15) is 9.97 Å². The number of benzene rings is 2. The minimum absolute atomic E-state index is 0.000648. The third-order valence-electron chi connectivity index (χ3n) is 11.5. The zero-order chi connectivity index (χ0) is 33.4. The normalized spacial score (nSPS) is 29.6. The highest BCUT2D eigenvalue weighted by Gasteiger charge is 2.77. The van der Waals surface area contributed by atoms with E-state index in [-0.39, 0.29) is 103 Å². The summed E-state index contributed by atoms with van der Waals surface area (Å²) < 4.78 is 95.4. The second kappa shape index (κ2) is 9.43. The Labute approximate surface area is 270 Å². The summed E-state index contributed by atoms with van der Waals surface area (Å²) in [5.74, 6) is -4.95. The van der Waals surface area contributed by atoms with E-state index in [9.17, 15) is 27.1 Å². The number of fused-ring (bicyclic) bond motifs is 3. The van der Waals surface area contributed by atoms with Crippen molar-refractivity contribution in [3.63, 3.8) is 0 Å². The number of rotatable bonds is 5. The topological polar surface area (TPSA) is 74.6 Å². The summed E-state index contributed by atoms with van der Waals surface area (Å²) in [7, 11) is 0. The van der Waals surface area contributed by atoms with Crippen LogP contribution in [0.1, 0.15) is 44.1 Å². The summed E-state index contributed by atoms with van der Waals surface area (Å²) in [6, 6.07) is 4.95. The molecule has 2 spiro atoms. The molecule has 3 aliphatic heterocycles. The molecular formula is C35H29F6N5O2. The molecule has 2 aliphatic carbocycles. The number of ether oxygens (including phenoxy) is 1. The summed E-state index contributed by atoms with van der Waals surface area (Å²) in [5, 5.41) is 11.2. The van der Waals surface area contributed by atoms with Crippen LogP contribution in [0.2, 0.25) is 0 Å². The van der Waals surface area contributed by atoms with Crippen molar-refractivity contribution < 1.29 is 36.2 Å². The predicted molar refractivity (Wildman–Crippen MR) is 164 cm³/mol. The highest BCUT2D eigenvalue weighted by atomic mass is 19.3. The highest BCUT2D eigenvalue weighted by molar-refractivity contribution is 6.03. The van der Waals surface area contributed by atoms with E-state index in [0.717, 1.165) is 12.5 Å². The first-order valence-electron chi connectivity index (χ1n) is 16.0. The minimum Gasteiger partial charge on any atom is -0.508 e. The van der Waals surface area contributed by atoms with Gasteiger partial charge in [0.15, 0.2) is 5.82 Å². The lowest BCUT2D eigenvalue weighted by Gasteiger charge is -2.31. The first-order chi connectivity index (χ1) is 22.8. The number of halogens is 6. The number of nitrogens with zero attached hydrogens (tertiary/aromatic N) is 5. The molecule has 13 heteroatoms. The SMILES string of the molecule is C#Cc1c(F)ccc2cc(O)cc(-c3ncc4c(N5CCC6(C5)CC6(F)F)nc(OC[C@@]56CCCN5C[C@@]5(CC5(F)F)C6)nc4c3F)c12. The van der Waals surface area contributed by atoms with Gasteiger partial charge in [0.1, 0.15) is 35.2 Å². The summed E-state index contributed by atoms with van der Waals surface area (Å²) in [6.45, 7) is 1.17. The van der Waals surface area contributed by atoms with Crippen molar-refractivity contribution in [3.8, 4) is 35.4 Å². The Kier molecular flexibility index (Phi) is 5.86. The average molecular weight is 666 g/mol. The van der Waals surface area contributed by atoms with Gasteiger partial charge in [-0.25, -0.2) is 26.3 Å². The van der Waals surface area contributed by atoms with Crippen molar-refractivity contribution in [1.29, 1.82) is 0 Å². The smallest absolute Gasteiger partial charge is 0.319 e. The van der Waals surface area contributed by atoms with Gasteiger partial charge in [-0.15, -0.1) is 6.42 Å². The van der Waals surface area contributed by atoms with E-state index in [1.165, 1.54) is 24.4 Å². The quantitative estimate of drug-likeness (QED) is 0.188. The molecule has 1 N–H and O–H groups in total. The third kappa shape index (κ3) is 4.04. The zero-order valence-electron chi connectivity index (χ0n) is 25.6. The van der Waals surface area contributed by atoms with Gasteiger partial charge in [-0.05, 0) is 55.8 Å². The average Bonchev–Trinajstić information content (AvgIpc) is 3.42. The standard InChI is InChI=1S/C35H29F6N5O2/c1-2-21-24(36)5-4-19-10-20(47)11-22(25(19)21)27-26(37)28-23(12-42-27)29(45-9-7-31(16-45)14-34(31,38)39)44-30(43-28)48-18-33-6-3-8-46(33)17-32(13-33)15-35(32,40)41/h1,4-5,10-12,47H,3,6-9,13-18H2/t31?,32-,33-/m0/s1. The fourth-order valence-corrected chi connectivity index (χ4v) is 8.79. The van der Waals surface area contributed by atoms with Crippen LogP contribution < -0.4 is 9.64 Å². The molecule has 4 aromatic rings. The van der Waals surface area contributed by atoms with Crippen molar-refractivity contribution >= 4 is 27.5 Å². The van der Waals surface area contributed by atoms with Gasteiger partial charge in [0.25, 0.3) is 11.8 Å².